The Kier molecular flexibility index (Phi) is 3.92. The Morgan fingerprint density at radius 1 is 1.14 bits per heavy atom. The van der Waals surface area contributed by atoms with Crippen LogP contribution in [0.15, 0.2) is 54.7 Å². The Bertz CT molecular complexity index is 795. The molecule has 22 heavy (non-hydrogen) atoms. The van der Waals surface area contributed by atoms with E-state index in [0.717, 1.165) is 5.56 Å². The number of nitrogens with zero attached hydrogens (tertiary/aromatic N) is 1. The molecule has 0 atom stereocenters. The number of carbonyl (C=O) groups is 1. The van der Waals surface area contributed by atoms with Crippen LogP contribution in [0.25, 0.3) is 10.9 Å². The normalized spacial score (nSPS) is 10.8. The summed E-state index contributed by atoms with van der Waals surface area (Å²) >= 11 is 0. The van der Waals surface area contributed by atoms with Gasteiger partial charge in [-0.1, -0.05) is 36.4 Å². The lowest BCUT2D eigenvalue weighted by Gasteiger charge is -2.17. The topological polar surface area (TPSA) is 36.1 Å². The predicted octanol–water partition coefficient (Wildman–Crippen LogP) is 3.51. The smallest absolute Gasteiger partial charge is 0.227 e. The minimum Gasteiger partial charge on any atom is -0.361 e. The third kappa shape index (κ3) is 2.86. The molecule has 1 amide bonds. The van der Waals surface area contributed by atoms with Crippen LogP contribution in [0.3, 0.4) is 0 Å². The number of aromatic amines is 1. The molecule has 0 spiro atoms. The predicted molar refractivity (Wildman–Crippen MR) is 84.9 cm³/mol. The molecule has 0 bridgehead atoms. The van der Waals surface area contributed by atoms with Gasteiger partial charge < -0.3 is 9.88 Å². The van der Waals surface area contributed by atoms with Gasteiger partial charge in [-0.15, -0.1) is 0 Å². The largest absolute Gasteiger partial charge is 0.361 e. The average molecular weight is 296 g/mol. The van der Waals surface area contributed by atoms with Gasteiger partial charge in [0.25, 0.3) is 0 Å². The van der Waals surface area contributed by atoms with Gasteiger partial charge in [0.2, 0.25) is 5.91 Å². The maximum Gasteiger partial charge on any atom is 0.227 e. The molecule has 0 fully saturated rings. The van der Waals surface area contributed by atoms with Crippen LogP contribution < -0.4 is 0 Å². The summed E-state index contributed by atoms with van der Waals surface area (Å²) in [6.07, 6.45) is 1.90. The number of likely N-dealkylation sites (N-methyl/N-ethyl adjacent to an activating group) is 1. The number of benzene rings is 2. The maximum atomic E-state index is 13.9. The van der Waals surface area contributed by atoms with E-state index in [4.69, 9.17) is 0 Å². The van der Waals surface area contributed by atoms with Gasteiger partial charge in [-0.25, -0.2) is 4.39 Å². The Hall–Kier alpha value is -2.62. The molecule has 0 radical (unpaired) electrons. The lowest BCUT2D eigenvalue weighted by atomic mass is 10.1. The molecule has 1 aromatic heterocycles. The van der Waals surface area contributed by atoms with Gasteiger partial charge in [0.1, 0.15) is 5.82 Å². The zero-order chi connectivity index (χ0) is 15.5. The molecule has 0 aliphatic heterocycles. The summed E-state index contributed by atoms with van der Waals surface area (Å²) in [5.74, 6) is -0.333. The van der Waals surface area contributed by atoms with Gasteiger partial charge in [0.15, 0.2) is 0 Å². The van der Waals surface area contributed by atoms with Crippen LogP contribution >= 0.6 is 0 Å². The first-order valence-electron chi connectivity index (χ1n) is 7.17. The van der Waals surface area contributed by atoms with E-state index in [9.17, 15) is 9.18 Å². The van der Waals surface area contributed by atoms with Crippen molar-refractivity contribution in [3.05, 3.63) is 71.7 Å². The summed E-state index contributed by atoms with van der Waals surface area (Å²) in [6.45, 7) is 0.546. The summed E-state index contributed by atoms with van der Waals surface area (Å²) in [5.41, 5.74) is 2.48. The van der Waals surface area contributed by atoms with Gasteiger partial charge in [-0.05, 0) is 23.3 Å². The van der Waals surface area contributed by atoms with Crippen molar-refractivity contribution in [1.82, 2.24) is 9.88 Å². The van der Waals surface area contributed by atoms with Crippen LogP contribution in [0.4, 0.5) is 4.39 Å². The molecule has 3 rings (SSSR count). The van der Waals surface area contributed by atoms with E-state index in [2.05, 4.69) is 4.98 Å². The van der Waals surface area contributed by atoms with Crippen molar-refractivity contribution in [2.75, 3.05) is 7.05 Å². The first-order chi connectivity index (χ1) is 10.6. The van der Waals surface area contributed by atoms with Gasteiger partial charge in [-0.2, -0.15) is 0 Å². The van der Waals surface area contributed by atoms with E-state index >= 15 is 0 Å². The molecule has 0 unspecified atom stereocenters. The van der Waals surface area contributed by atoms with Crippen LogP contribution in [0.2, 0.25) is 0 Å². The van der Waals surface area contributed by atoms with Gasteiger partial charge in [0.05, 0.1) is 6.42 Å². The SMILES string of the molecule is CN(Cc1ccccc1)C(=O)Cc1c[nH]c2cccc(F)c12. The quantitative estimate of drug-likeness (QED) is 0.786. The molecule has 112 valence electrons. The van der Waals surface area contributed by atoms with E-state index < -0.39 is 0 Å². The molecule has 0 saturated carbocycles. The van der Waals surface area contributed by atoms with Gasteiger partial charge >= 0.3 is 0 Å². The Morgan fingerprint density at radius 2 is 1.91 bits per heavy atom. The standard InChI is InChI=1S/C18H17FN2O/c1-21(12-13-6-3-2-4-7-13)17(22)10-14-11-20-16-9-5-8-15(19)18(14)16/h2-9,11,20H,10,12H2,1H3. The molecule has 3 aromatic rings. The average Bonchev–Trinajstić information content (AvgIpc) is 2.92. The Labute approximate surface area is 128 Å². The second-order valence-electron chi connectivity index (χ2n) is 5.39. The van der Waals surface area contributed by atoms with Crippen LogP contribution in [-0.4, -0.2) is 22.8 Å². The third-order valence-electron chi connectivity index (χ3n) is 3.77. The molecule has 0 aliphatic rings. The van der Waals surface area contributed by atoms with Crippen molar-refractivity contribution in [3.63, 3.8) is 0 Å². The Balaban J connectivity index is 1.75. The lowest BCUT2D eigenvalue weighted by molar-refractivity contribution is -0.129. The van der Waals surface area contributed by atoms with E-state index in [1.807, 2.05) is 30.3 Å². The second kappa shape index (κ2) is 6.02. The fraction of sp³-hybridized carbons (Fsp3) is 0.167. The summed E-state index contributed by atoms with van der Waals surface area (Å²) in [6, 6.07) is 14.7. The molecule has 1 heterocycles. The number of carbonyl (C=O) groups excluding carboxylic acids is 1. The van der Waals surface area contributed by atoms with Crippen LogP contribution in [-0.2, 0) is 17.8 Å². The molecule has 0 aliphatic carbocycles. The van der Waals surface area contributed by atoms with Crippen molar-refractivity contribution in [2.24, 2.45) is 0 Å². The van der Waals surface area contributed by atoms with E-state index in [1.54, 1.807) is 30.3 Å². The highest BCUT2D eigenvalue weighted by atomic mass is 19.1. The maximum absolute atomic E-state index is 13.9. The Morgan fingerprint density at radius 3 is 2.68 bits per heavy atom. The van der Waals surface area contributed by atoms with Gasteiger partial charge in [-0.3, -0.25) is 4.79 Å². The van der Waals surface area contributed by atoms with E-state index in [0.29, 0.717) is 23.0 Å². The van der Waals surface area contributed by atoms with Crippen LogP contribution in [0.5, 0.6) is 0 Å². The van der Waals surface area contributed by atoms with Crippen molar-refractivity contribution in [3.8, 4) is 0 Å². The highest BCUT2D eigenvalue weighted by Gasteiger charge is 2.15. The van der Waals surface area contributed by atoms with Gasteiger partial charge in [0, 0.05) is 30.7 Å². The first-order valence-corrected chi connectivity index (χ1v) is 7.17. The summed E-state index contributed by atoms with van der Waals surface area (Å²) in [4.78, 5) is 17.0. The zero-order valence-electron chi connectivity index (χ0n) is 12.3. The first kappa shape index (κ1) is 14.3. The highest BCUT2D eigenvalue weighted by molar-refractivity contribution is 5.89. The number of H-pyrrole nitrogens is 1. The molecular weight excluding hydrogens is 279 g/mol. The zero-order valence-corrected chi connectivity index (χ0v) is 12.3. The third-order valence-corrected chi connectivity index (χ3v) is 3.77. The van der Waals surface area contributed by atoms with Crippen molar-refractivity contribution in [1.29, 1.82) is 0 Å². The van der Waals surface area contributed by atoms with Crippen molar-refractivity contribution in [2.45, 2.75) is 13.0 Å². The number of hydrogen-bond donors (Lipinski definition) is 1. The number of nitrogens with one attached hydrogen (secondary N) is 1. The minimum absolute atomic E-state index is 0.0343. The molecule has 1 N–H and O–H groups in total. The summed E-state index contributed by atoms with van der Waals surface area (Å²) < 4.78 is 13.9. The van der Waals surface area contributed by atoms with E-state index in [1.165, 1.54) is 6.07 Å². The number of hydrogen-bond acceptors (Lipinski definition) is 1. The number of rotatable bonds is 4. The molecule has 0 saturated heterocycles. The fourth-order valence-corrected chi connectivity index (χ4v) is 2.59. The number of halogens is 1. The van der Waals surface area contributed by atoms with Crippen LogP contribution in [0.1, 0.15) is 11.1 Å². The van der Waals surface area contributed by atoms with Crippen LogP contribution in [0, 0.1) is 5.82 Å². The molecule has 3 nitrogen and oxygen atoms in total. The van der Waals surface area contributed by atoms with Crippen molar-refractivity contribution < 1.29 is 9.18 Å². The monoisotopic (exact) mass is 296 g/mol. The number of fused-ring (bicyclic) bond motifs is 1. The lowest BCUT2D eigenvalue weighted by Crippen LogP contribution is -2.27. The number of amides is 1. The van der Waals surface area contributed by atoms with Crippen molar-refractivity contribution >= 4 is 16.8 Å². The fourth-order valence-electron chi connectivity index (χ4n) is 2.59. The molecule has 4 heteroatoms. The molecule has 2 aromatic carbocycles. The summed E-state index contributed by atoms with van der Waals surface area (Å²) in [7, 11) is 1.76. The second-order valence-corrected chi connectivity index (χ2v) is 5.39. The summed E-state index contributed by atoms with van der Waals surface area (Å²) in [5, 5.41) is 0.504. The number of aromatic nitrogens is 1. The molecular formula is C18H17FN2O. The minimum atomic E-state index is -0.299. The van der Waals surface area contributed by atoms with E-state index in [-0.39, 0.29) is 18.1 Å². The highest BCUT2D eigenvalue weighted by Crippen LogP contribution is 2.22.